The van der Waals surface area contributed by atoms with E-state index < -0.39 is 11.9 Å². The molecular formula is C9H8N2O4S. The standard InChI is InChI=1S/C9H8N2O4S/c1-2-15-8(14)5-6(7(12)13)11-3-4-16-9(11)10-5/h3-4H,2H2,1H3,(H,12,13). The van der Waals surface area contributed by atoms with Crippen molar-refractivity contribution >= 4 is 28.2 Å². The van der Waals surface area contributed by atoms with Crippen LogP contribution in [0.2, 0.25) is 0 Å². The van der Waals surface area contributed by atoms with Gasteiger partial charge in [0.15, 0.2) is 16.3 Å². The van der Waals surface area contributed by atoms with Gasteiger partial charge in [0.1, 0.15) is 0 Å². The molecule has 84 valence electrons. The number of carbonyl (C=O) groups is 2. The first-order valence-electron chi connectivity index (χ1n) is 4.51. The average Bonchev–Trinajstić information content (AvgIpc) is 2.74. The molecule has 0 aliphatic carbocycles. The van der Waals surface area contributed by atoms with E-state index in [0.717, 1.165) is 0 Å². The number of fused-ring (bicyclic) bond motifs is 1. The minimum atomic E-state index is -1.20. The zero-order valence-electron chi connectivity index (χ0n) is 8.34. The van der Waals surface area contributed by atoms with Crippen molar-refractivity contribution in [2.24, 2.45) is 0 Å². The number of aromatic nitrogens is 2. The fourth-order valence-corrected chi connectivity index (χ4v) is 2.05. The Balaban J connectivity index is 2.59. The number of thiazole rings is 1. The summed E-state index contributed by atoms with van der Waals surface area (Å²) >= 11 is 1.26. The second-order valence-corrected chi connectivity index (χ2v) is 3.76. The van der Waals surface area contributed by atoms with Crippen LogP contribution >= 0.6 is 11.3 Å². The van der Waals surface area contributed by atoms with Gasteiger partial charge in [-0.25, -0.2) is 14.6 Å². The molecule has 2 aromatic rings. The van der Waals surface area contributed by atoms with E-state index in [4.69, 9.17) is 9.84 Å². The Kier molecular flexibility index (Phi) is 2.61. The molecule has 16 heavy (non-hydrogen) atoms. The van der Waals surface area contributed by atoms with Gasteiger partial charge in [-0.15, -0.1) is 11.3 Å². The maximum atomic E-state index is 11.5. The smallest absolute Gasteiger partial charge is 0.359 e. The molecular weight excluding hydrogens is 232 g/mol. The summed E-state index contributed by atoms with van der Waals surface area (Å²) in [6, 6.07) is 0. The van der Waals surface area contributed by atoms with Crippen LogP contribution < -0.4 is 0 Å². The molecule has 0 atom stereocenters. The van der Waals surface area contributed by atoms with Crippen LogP contribution in [0.5, 0.6) is 0 Å². The van der Waals surface area contributed by atoms with Gasteiger partial charge in [0.05, 0.1) is 6.61 Å². The number of ether oxygens (including phenoxy) is 1. The van der Waals surface area contributed by atoms with Crippen molar-refractivity contribution in [1.82, 2.24) is 9.38 Å². The molecule has 0 radical (unpaired) electrons. The molecule has 0 bridgehead atoms. The Hall–Kier alpha value is -1.89. The molecule has 0 spiro atoms. The number of esters is 1. The van der Waals surface area contributed by atoms with Crippen LogP contribution in [0.4, 0.5) is 0 Å². The van der Waals surface area contributed by atoms with Crippen LogP contribution in [0.1, 0.15) is 27.9 Å². The van der Waals surface area contributed by atoms with Gasteiger partial charge >= 0.3 is 11.9 Å². The number of hydrogen-bond acceptors (Lipinski definition) is 5. The van der Waals surface area contributed by atoms with Crippen molar-refractivity contribution in [3.05, 3.63) is 23.0 Å². The molecule has 6 nitrogen and oxygen atoms in total. The molecule has 0 fully saturated rings. The predicted octanol–water partition coefficient (Wildman–Crippen LogP) is 1.27. The molecule has 2 heterocycles. The average molecular weight is 240 g/mol. The maximum Gasteiger partial charge on any atom is 0.359 e. The van der Waals surface area contributed by atoms with E-state index >= 15 is 0 Å². The third-order valence-corrected chi connectivity index (χ3v) is 2.69. The summed E-state index contributed by atoms with van der Waals surface area (Å²) in [5.74, 6) is -1.91. The number of imidazole rings is 1. The number of rotatable bonds is 3. The largest absolute Gasteiger partial charge is 0.476 e. The fourth-order valence-electron chi connectivity index (χ4n) is 1.33. The maximum absolute atomic E-state index is 11.5. The number of nitrogens with zero attached hydrogens (tertiary/aromatic N) is 2. The van der Waals surface area contributed by atoms with Crippen LogP contribution in [0.3, 0.4) is 0 Å². The number of hydrogen-bond donors (Lipinski definition) is 1. The van der Waals surface area contributed by atoms with E-state index in [2.05, 4.69) is 4.98 Å². The fraction of sp³-hybridized carbons (Fsp3) is 0.222. The first-order valence-corrected chi connectivity index (χ1v) is 5.39. The molecule has 0 amide bonds. The van der Waals surface area contributed by atoms with Crippen molar-refractivity contribution in [1.29, 1.82) is 0 Å². The van der Waals surface area contributed by atoms with Crippen LogP contribution in [0.25, 0.3) is 4.96 Å². The summed E-state index contributed by atoms with van der Waals surface area (Å²) in [7, 11) is 0. The van der Waals surface area contributed by atoms with E-state index in [1.165, 1.54) is 15.7 Å². The summed E-state index contributed by atoms with van der Waals surface area (Å²) in [6.07, 6.45) is 1.55. The van der Waals surface area contributed by atoms with Crippen LogP contribution in [0.15, 0.2) is 11.6 Å². The minimum Gasteiger partial charge on any atom is -0.476 e. The first kappa shape index (κ1) is 10.6. The summed E-state index contributed by atoms with van der Waals surface area (Å²) in [5.41, 5.74) is -0.309. The van der Waals surface area contributed by atoms with E-state index in [1.54, 1.807) is 18.5 Å². The SMILES string of the molecule is CCOC(=O)c1nc2sccn2c1C(=O)O. The normalized spacial score (nSPS) is 10.6. The zero-order chi connectivity index (χ0) is 11.7. The third-order valence-electron chi connectivity index (χ3n) is 1.93. The number of aromatic carboxylic acids is 1. The molecule has 2 aromatic heterocycles. The van der Waals surface area contributed by atoms with Gasteiger partial charge in [-0.2, -0.15) is 0 Å². The van der Waals surface area contributed by atoms with Crippen molar-refractivity contribution in [2.45, 2.75) is 6.92 Å². The lowest BCUT2D eigenvalue weighted by molar-refractivity contribution is 0.0507. The lowest BCUT2D eigenvalue weighted by Crippen LogP contribution is -2.12. The highest BCUT2D eigenvalue weighted by Crippen LogP contribution is 2.18. The van der Waals surface area contributed by atoms with Gasteiger partial charge in [0.2, 0.25) is 0 Å². The van der Waals surface area contributed by atoms with Gasteiger partial charge < -0.3 is 9.84 Å². The summed E-state index contributed by atoms with van der Waals surface area (Å²) in [6.45, 7) is 1.83. The van der Waals surface area contributed by atoms with E-state index in [1.807, 2.05) is 0 Å². The molecule has 0 saturated carbocycles. The molecule has 0 unspecified atom stereocenters. The molecule has 0 aromatic carbocycles. The summed E-state index contributed by atoms with van der Waals surface area (Å²) in [4.78, 5) is 26.9. The minimum absolute atomic E-state index is 0.152. The van der Waals surface area contributed by atoms with Gasteiger partial charge in [0.25, 0.3) is 0 Å². The number of carbonyl (C=O) groups excluding carboxylic acids is 1. The van der Waals surface area contributed by atoms with Crippen molar-refractivity contribution in [3.63, 3.8) is 0 Å². The highest BCUT2D eigenvalue weighted by Gasteiger charge is 2.25. The van der Waals surface area contributed by atoms with Crippen molar-refractivity contribution < 1.29 is 19.4 Å². The van der Waals surface area contributed by atoms with Gasteiger partial charge in [-0.05, 0) is 6.92 Å². The Morgan fingerprint density at radius 2 is 2.38 bits per heavy atom. The molecule has 0 saturated heterocycles. The van der Waals surface area contributed by atoms with Crippen LogP contribution in [0, 0.1) is 0 Å². The van der Waals surface area contributed by atoms with Crippen LogP contribution in [-0.4, -0.2) is 33.0 Å². The molecule has 7 heteroatoms. The zero-order valence-corrected chi connectivity index (χ0v) is 9.15. The highest BCUT2D eigenvalue weighted by molar-refractivity contribution is 7.15. The van der Waals surface area contributed by atoms with E-state index in [-0.39, 0.29) is 18.0 Å². The molecule has 1 N–H and O–H groups in total. The Labute approximate surface area is 94.1 Å². The quantitative estimate of drug-likeness (QED) is 0.817. The van der Waals surface area contributed by atoms with Crippen molar-refractivity contribution in [3.8, 4) is 0 Å². The monoisotopic (exact) mass is 240 g/mol. The first-order chi connectivity index (χ1) is 7.65. The van der Waals surface area contributed by atoms with E-state index in [0.29, 0.717) is 4.96 Å². The number of carboxylic acids is 1. The Morgan fingerprint density at radius 3 is 3.00 bits per heavy atom. The summed E-state index contributed by atoms with van der Waals surface area (Å²) < 4.78 is 6.10. The third kappa shape index (κ3) is 1.54. The van der Waals surface area contributed by atoms with E-state index in [9.17, 15) is 9.59 Å². The summed E-state index contributed by atoms with van der Waals surface area (Å²) in [5, 5.41) is 10.7. The Morgan fingerprint density at radius 1 is 1.62 bits per heavy atom. The highest BCUT2D eigenvalue weighted by atomic mass is 32.1. The topological polar surface area (TPSA) is 80.9 Å². The van der Waals surface area contributed by atoms with Crippen molar-refractivity contribution in [2.75, 3.05) is 6.61 Å². The van der Waals surface area contributed by atoms with Crippen LogP contribution in [-0.2, 0) is 4.74 Å². The lowest BCUT2D eigenvalue weighted by atomic mass is 10.3. The van der Waals surface area contributed by atoms with Gasteiger partial charge in [-0.3, -0.25) is 4.40 Å². The Bertz CT molecular complexity index is 557. The number of carboxylic acid groups (broad SMARTS) is 1. The molecule has 2 rings (SSSR count). The predicted molar refractivity (Wildman–Crippen MR) is 56.0 cm³/mol. The molecule has 0 aliphatic heterocycles. The second-order valence-electron chi connectivity index (χ2n) is 2.89. The molecule has 0 aliphatic rings. The van der Waals surface area contributed by atoms with Gasteiger partial charge in [-0.1, -0.05) is 0 Å². The second kappa shape index (κ2) is 3.93. The lowest BCUT2D eigenvalue weighted by Gasteiger charge is -1.99. The van der Waals surface area contributed by atoms with Gasteiger partial charge in [0, 0.05) is 11.6 Å².